The van der Waals surface area contributed by atoms with Gasteiger partial charge in [0, 0.05) is 5.69 Å². The number of hydrogen-bond donors (Lipinski definition) is 2. The summed E-state index contributed by atoms with van der Waals surface area (Å²) in [5, 5.41) is 10.8. The van der Waals surface area contributed by atoms with Crippen LogP contribution in [-0.4, -0.2) is 27.3 Å². The molecule has 2 aromatic heterocycles. The van der Waals surface area contributed by atoms with Gasteiger partial charge < -0.3 is 14.5 Å². The first kappa shape index (κ1) is 17.4. The number of H-pyrrole nitrogens is 1. The SMILES string of the molecule is CC(C)OC(=O)c1cccc(Nc2nnc(Cc3ccco3)c(=O)[nH]2)c1. The molecule has 134 valence electrons. The van der Waals surface area contributed by atoms with Gasteiger partial charge in [0.05, 0.1) is 24.4 Å². The Bertz CT molecular complexity index is 948. The van der Waals surface area contributed by atoms with E-state index in [-0.39, 0.29) is 29.7 Å². The number of aromatic nitrogens is 3. The fourth-order valence-electron chi connectivity index (χ4n) is 2.25. The molecule has 0 bridgehead atoms. The molecule has 0 saturated carbocycles. The molecule has 1 aromatic carbocycles. The van der Waals surface area contributed by atoms with E-state index in [4.69, 9.17) is 9.15 Å². The van der Waals surface area contributed by atoms with E-state index < -0.39 is 5.97 Å². The maximum atomic E-state index is 12.1. The molecule has 2 N–H and O–H groups in total. The molecular formula is C18H18N4O4. The Labute approximate surface area is 149 Å². The van der Waals surface area contributed by atoms with Crippen molar-refractivity contribution < 1.29 is 13.9 Å². The highest BCUT2D eigenvalue weighted by Crippen LogP contribution is 2.15. The van der Waals surface area contributed by atoms with E-state index >= 15 is 0 Å². The molecule has 3 rings (SSSR count). The molecule has 0 fully saturated rings. The van der Waals surface area contributed by atoms with Crippen molar-refractivity contribution in [2.75, 3.05) is 5.32 Å². The predicted molar refractivity (Wildman–Crippen MR) is 94.4 cm³/mol. The van der Waals surface area contributed by atoms with Gasteiger partial charge in [0.25, 0.3) is 5.56 Å². The predicted octanol–water partition coefficient (Wildman–Crippen LogP) is 2.66. The molecule has 0 amide bonds. The third-order valence-corrected chi connectivity index (χ3v) is 3.39. The Morgan fingerprint density at radius 1 is 1.27 bits per heavy atom. The summed E-state index contributed by atoms with van der Waals surface area (Å²) in [6, 6.07) is 10.2. The molecular weight excluding hydrogens is 336 g/mol. The van der Waals surface area contributed by atoms with Gasteiger partial charge in [-0.15, -0.1) is 10.2 Å². The molecule has 8 heteroatoms. The topological polar surface area (TPSA) is 110 Å². The number of esters is 1. The second-order valence-electron chi connectivity index (χ2n) is 5.87. The van der Waals surface area contributed by atoms with E-state index in [2.05, 4.69) is 20.5 Å². The van der Waals surface area contributed by atoms with Crippen molar-refractivity contribution in [2.24, 2.45) is 0 Å². The van der Waals surface area contributed by atoms with Crippen LogP contribution in [0.3, 0.4) is 0 Å². The van der Waals surface area contributed by atoms with Crippen LogP contribution >= 0.6 is 0 Å². The average Bonchev–Trinajstić information content (AvgIpc) is 3.10. The lowest BCUT2D eigenvalue weighted by Crippen LogP contribution is -2.18. The number of ether oxygens (including phenoxy) is 1. The quantitative estimate of drug-likeness (QED) is 0.655. The Kier molecular flexibility index (Phi) is 5.12. The maximum absolute atomic E-state index is 12.1. The molecule has 0 aliphatic heterocycles. The minimum Gasteiger partial charge on any atom is -0.469 e. The number of anilines is 2. The Morgan fingerprint density at radius 2 is 2.12 bits per heavy atom. The van der Waals surface area contributed by atoms with Crippen LogP contribution in [0.15, 0.2) is 51.9 Å². The monoisotopic (exact) mass is 354 g/mol. The lowest BCUT2D eigenvalue weighted by molar-refractivity contribution is 0.0378. The molecule has 8 nitrogen and oxygen atoms in total. The van der Waals surface area contributed by atoms with Crippen molar-refractivity contribution in [3.05, 3.63) is 70.0 Å². The minimum atomic E-state index is -0.419. The summed E-state index contributed by atoms with van der Waals surface area (Å²) < 4.78 is 10.4. The maximum Gasteiger partial charge on any atom is 0.338 e. The summed E-state index contributed by atoms with van der Waals surface area (Å²) in [5.41, 5.74) is 0.856. The fourth-order valence-corrected chi connectivity index (χ4v) is 2.25. The first-order chi connectivity index (χ1) is 12.5. The fraction of sp³-hybridized carbons (Fsp3) is 0.222. The first-order valence-corrected chi connectivity index (χ1v) is 8.07. The van der Waals surface area contributed by atoms with Crippen molar-refractivity contribution in [3.63, 3.8) is 0 Å². The summed E-state index contributed by atoms with van der Waals surface area (Å²) in [7, 11) is 0. The highest BCUT2D eigenvalue weighted by atomic mass is 16.5. The van der Waals surface area contributed by atoms with Crippen LogP contribution in [-0.2, 0) is 11.2 Å². The van der Waals surface area contributed by atoms with Crippen LogP contribution in [0.4, 0.5) is 11.6 Å². The second-order valence-corrected chi connectivity index (χ2v) is 5.87. The zero-order valence-electron chi connectivity index (χ0n) is 14.4. The normalized spacial score (nSPS) is 10.7. The van der Waals surface area contributed by atoms with Crippen molar-refractivity contribution in [2.45, 2.75) is 26.4 Å². The number of carbonyl (C=O) groups is 1. The number of furan rings is 1. The van der Waals surface area contributed by atoms with E-state index in [0.717, 1.165) is 0 Å². The van der Waals surface area contributed by atoms with Crippen LogP contribution in [0.1, 0.15) is 35.7 Å². The van der Waals surface area contributed by atoms with Gasteiger partial charge in [-0.1, -0.05) is 6.07 Å². The molecule has 0 radical (unpaired) electrons. The second kappa shape index (κ2) is 7.64. The molecule has 0 aliphatic carbocycles. The van der Waals surface area contributed by atoms with Gasteiger partial charge in [0.15, 0.2) is 0 Å². The van der Waals surface area contributed by atoms with Crippen LogP contribution in [0.2, 0.25) is 0 Å². The number of nitrogens with zero attached hydrogens (tertiary/aromatic N) is 2. The summed E-state index contributed by atoms with van der Waals surface area (Å²) in [5.74, 6) is 0.381. The number of carbonyl (C=O) groups excluding carboxylic acids is 1. The zero-order valence-corrected chi connectivity index (χ0v) is 14.4. The molecule has 0 atom stereocenters. The smallest absolute Gasteiger partial charge is 0.338 e. The number of nitrogens with one attached hydrogen (secondary N) is 2. The third-order valence-electron chi connectivity index (χ3n) is 3.39. The van der Waals surface area contributed by atoms with E-state index in [1.54, 1.807) is 50.2 Å². The first-order valence-electron chi connectivity index (χ1n) is 8.07. The largest absolute Gasteiger partial charge is 0.469 e. The number of rotatable bonds is 6. The number of benzene rings is 1. The summed E-state index contributed by atoms with van der Waals surface area (Å²) in [6.45, 7) is 3.56. The van der Waals surface area contributed by atoms with E-state index in [9.17, 15) is 9.59 Å². The van der Waals surface area contributed by atoms with Gasteiger partial charge in [0.2, 0.25) is 5.95 Å². The average molecular weight is 354 g/mol. The molecule has 0 saturated heterocycles. The van der Waals surface area contributed by atoms with Crippen molar-refractivity contribution in [1.82, 2.24) is 15.2 Å². The van der Waals surface area contributed by atoms with Crippen LogP contribution in [0, 0.1) is 0 Å². The Hall–Kier alpha value is -3.42. The van der Waals surface area contributed by atoms with Crippen molar-refractivity contribution in [1.29, 1.82) is 0 Å². The lowest BCUT2D eigenvalue weighted by Gasteiger charge is -2.09. The Morgan fingerprint density at radius 3 is 2.81 bits per heavy atom. The lowest BCUT2D eigenvalue weighted by atomic mass is 10.2. The van der Waals surface area contributed by atoms with Gasteiger partial charge in [0.1, 0.15) is 11.5 Å². The highest BCUT2D eigenvalue weighted by molar-refractivity contribution is 5.90. The van der Waals surface area contributed by atoms with Crippen molar-refractivity contribution >= 4 is 17.6 Å². The molecule has 0 unspecified atom stereocenters. The van der Waals surface area contributed by atoms with Gasteiger partial charge in [-0.25, -0.2) is 4.79 Å². The standard InChI is InChI=1S/C18H18N4O4/c1-11(2)26-17(24)12-5-3-6-13(9-12)19-18-20-16(23)15(21-22-18)10-14-7-4-8-25-14/h3-9,11H,10H2,1-2H3,(H2,19,20,22,23). The van der Waals surface area contributed by atoms with Gasteiger partial charge in [-0.2, -0.15) is 0 Å². The summed E-state index contributed by atoms with van der Waals surface area (Å²) >= 11 is 0. The number of hydrogen-bond acceptors (Lipinski definition) is 7. The highest BCUT2D eigenvalue weighted by Gasteiger charge is 2.11. The third kappa shape index (κ3) is 4.35. The van der Waals surface area contributed by atoms with Crippen LogP contribution in [0.25, 0.3) is 0 Å². The van der Waals surface area contributed by atoms with E-state index in [1.807, 2.05) is 0 Å². The van der Waals surface area contributed by atoms with Gasteiger partial charge in [-0.3, -0.25) is 9.78 Å². The van der Waals surface area contributed by atoms with Gasteiger partial charge >= 0.3 is 5.97 Å². The molecule has 2 heterocycles. The molecule has 0 aliphatic rings. The van der Waals surface area contributed by atoms with Crippen LogP contribution < -0.4 is 10.9 Å². The zero-order chi connectivity index (χ0) is 18.5. The van der Waals surface area contributed by atoms with Crippen LogP contribution in [0.5, 0.6) is 0 Å². The summed E-state index contributed by atoms with van der Waals surface area (Å²) in [4.78, 5) is 26.7. The molecule has 3 aromatic rings. The molecule has 26 heavy (non-hydrogen) atoms. The Balaban J connectivity index is 1.74. The summed E-state index contributed by atoms with van der Waals surface area (Å²) in [6.07, 6.45) is 1.58. The molecule has 0 spiro atoms. The van der Waals surface area contributed by atoms with E-state index in [0.29, 0.717) is 17.0 Å². The minimum absolute atomic E-state index is 0.174. The van der Waals surface area contributed by atoms with Gasteiger partial charge in [-0.05, 0) is 44.2 Å². The van der Waals surface area contributed by atoms with Crippen molar-refractivity contribution in [3.8, 4) is 0 Å². The van der Waals surface area contributed by atoms with E-state index in [1.165, 1.54) is 6.26 Å². The number of aromatic amines is 1.